The quantitative estimate of drug-likeness (QED) is 0.434. The third-order valence-corrected chi connectivity index (χ3v) is 7.63. The van der Waals surface area contributed by atoms with Gasteiger partial charge in [-0.25, -0.2) is 0 Å². The first-order valence-corrected chi connectivity index (χ1v) is 13.2. The molecule has 194 valence electrons. The third kappa shape index (κ3) is 4.92. The Morgan fingerprint density at radius 3 is 2.65 bits per heavy atom. The van der Waals surface area contributed by atoms with Crippen LogP contribution in [0.1, 0.15) is 89.7 Å². The predicted molar refractivity (Wildman–Crippen MR) is 143 cm³/mol. The number of nitrogens with zero attached hydrogens (tertiary/aromatic N) is 2. The fourth-order valence-electron chi connectivity index (χ4n) is 5.66. The largest absolute Gasteiger partial charge is 0.396 e. The van der Waals surface area contributed by atoms with Crippen LogP contribution in [0.2, 0.25) is 0 Å². The van der Waals surface area contributed by atoms with Gasteiger partial charge in [-0.05, 0) is 80.3 Å². The molecule has 7 nitrogen and oxygen atoms in total. The first kappa shape index (κ1) is 25.2. The minimum absolute atomic E-state index is 0.0348. The highest BCUT2D eigenvalue weighted by Crippen LogP contribution is 2.39. The molecule has 3 aromatic rings. The molecule has 2 heterocycles. The van der Waals surface area contributed by atoms with E-state index in [9.17, 15) is 14.7 Å². The SMILES string of the molecule is CC(C)NC(=O)c1ccc(C(CCO)N2Cc3cc(-c4n[nH]c5c4CCC(C)(C)C5)ccc3C2=O)cc1. The van der Waals surface area contributed by atoms with Crippen LogP contribution in [0.5, 0.6) is 0 Å². The summed E-state index contributed by atoms with van der Waals surface area (Å²) in [5, 5.41) is 20.6. The number of carbonyl (C=O) groups excluding carboxylic acids is 2. The zero-order chi connectivity index (χ0) is 26.3. The fourth-order valence-corrected chi connectivity index (χ4v) is 5.66. The molecule has 0 saturated heterocycles. The van der Waals surface area contributed by atoms with E-state index >= 15 is 0 Å². The van der Waals surface area contributed by atoms with Gasteiger partial charge in [-0.15, -0.1) is 0 Å². The maximum Gasteiger partial charge on any atom is 0.255 e. The Kier molecular flexibility index (Phi) is 6.67. The summed E-state index contributed by atoms with van der Waals surface area (Å²) >= 11 is 0. The Balaban J connectivity index is 1.39. The van der Waals surface area contributed by atoms with E-state index in [1.54, 1.807) is 12.1 Å². The molecule has 0 spiro atoms. The van der Waals surface area contributed by atoms with Crippen LogP contribution >= 0.6 is 0 Å². The van der Waals surface area contributed by atoms with E-state index in [1.807, 2.05) is 43.0 Å². The van der Waals surface area contributed by atoms with Crippen molar-refractivity contribution >= 4 is 11.8 Å². The summed E-state index contributed by atoms with van der Waals surface area (Å²) < 4.78 is 0. The van der Waals surface area contributed by atoms with Gasteiger partial charge in [0.05, 0.1) is 11.7 Å². The third-order valence-electron chi connectivity index (χ3n) is 7.63. The predicted octanol–water partition coefficient (Wildman–Crippen LogP) is 4.81. The number of hydrogen-bond donors (Lipinski definition) is 3. The zero-order valence-corrected chi connectivity index (χ0v) is 22.1. The average molecular weight is 501 g/mol. The Morgan fingerprint density at radius 1 is 1.19 bits per heavy atom. The minimum atomic E-state index is -0.282. The first-order chi connectivity index (χ1) is 17.7. The second-order valence-corrected chi connectivity index (χ2v) is 11.5. The number of aliphatic hydroxyl groups is 1. The van der Waals surface area contributed by atoms with Crippen molar-refractivity contribution < 1.29 is 14.7 Å². The summed E-state index contributed by atoms with van der Waals surface area (Å²) in [5.41, 5.74) is 7.97. The molecular weight excluding hydrogens is 464 g/mol. The van der Waals surface area contributed by atoms with Gasteiger partial charge in [0.2, 0.25) is 0 Å². The monoisotopic (exact) mass is 500 g/mol. The van der Waals surface area contributed by atoms with Crippen molar-refractivity contribution in [3.8, 4) is 11.3 Å². The maximum absolute atomic E-state index is 13.4. The molecule has 3 N–H and O–H groups in total. The number of hydrogen-bond acceptors (Lipinski definition) is 4. The van der Waals surface area contributed by atoms with Gasteiger partial charge in [0, 0.05) is 47.1 Å². The molecule has 2 amide bonds. The van der Waals surface area contributed by atoms with Gasteiger partial charge in [-0.2, -0.15) is 5.10 Å². The second kappa shape index (κ2) is 9.78. The van der Waals surface area contributed by atoms with Gasteiger partial charge in [-0.3, -0.25) is 14.7 Å². The Morgan fingerprint density at radius 2 is 1.95 bits per heavy atom. The molecule has 1 aliphatic carbocycles. The fraction of sp³-hybridized carbons (Fsp3) is 0.433. The van der Waals surface area contributed by atoms with Crippen LogP contribution < -0.4 is 5.32 Å². The number of aromatic nitrogens is 2. The number of nitrogens with one attached hydrogen (secondary N) is 2. The number of carbonyl (C=O) groups is 2. The molecular formula is C30H36N4O3. The van der Waals surface area contributed by atoms with Gasteiger partial charge >= 0.3 is 0 Å². The molecule has 1 aromatic heterocycles. The number of amides is 2. The highest BCUT2D eigenvalue weighted by Gasteiger charge is 2.34. The van der Waals surface area contributed by atoms with E-state index < -0.39 is 0 Å². The van der Waals surface area contributed by atoms with E-state index in [4.69, 9.17) is 0 Å². The normalized spacial score (nSPS) is 17.0. The number of rotatable bonds is 7. The van der Waals surface area contributed by atoms with Crippen molar-refractivity contribution in [2.24, 2.45) is 5.41 Å². The molecule has 1 aliphatic heterocycles. The maximum atomic E-state index is 13.4. The molecule has 0 radical (unpaired) electrons. The molecule has 0 fully saturated rings. The minimum Gasteiger partial charge on any atom is -0.396 e. The average Bonchev–Trinajstić information content (AvgIpc) is 3.41. The number of aromatic amines is 1. The number of fused-ring (bicyclic) bond motifs is 2. The van der Waals surface area contributed by atoms with Crippen LogP contribution in [0.3, 0.4) is 0 Å². The lowest BCUT2D eigenvalue weighted by atomic mass is 9.76. The van der Waals surface area contributed by atoms with Crippen molar-refractivity contribution in [3.05, 3.63) is 76.0 Å². The standard InChI is InChI=1S/C30H36N4O3/c1-18(2)31-28(36)20-7-5-19(6-8-20)26(12-14-35)34-17-22-15-21(9-10-23(22)29(34)37)27-24-11-13-30(3,4)16-25(24)32-33-27/h5-10,15,18,26,35H,11-14,16-17H2,1-4H3,(H,31,36)(H,32,33). The van der Waals surface area contributed by atoms with Gasteiger partial charge in [-0.1, -0.05) is 32.0 Å². The summed E-state index contributed by atoms with van der Waals surface area (Å²) in [7, 11) is 0. The Hall–Kier alpha value is -3.45. The van der Waals surface area contributed by atoms with Crippen molar-refractivity contribution in [1.82, 2.24) is 20.4 Å². The first-order valence-electron chi connectivity index (χ1n) is 13.2. The van der Waals surface area contributed by atoms with Crippen LogP contribution in [-0.4, -0.2) is 44.7 Å². The van der Waals surface area contributed by atoms with Crippen molar-refractivity contribution in [1.29, 1.82) is 0 Å². The van der Waals surface area contributed by atoms with Crippen LogP contribution in [0, 0.1) is 5.41 Å². The molecule has 37 heavy (non-hydrogen) atoms. The lowest BCUT2D eigenvalue weighted by Gasteiger charge is -2.29. The molecule has 1 unspecified atom stereocenters. The molecule has 0 saturated carbocycles. The molecule has 2 aromatic carbocycles. The summed E-state index contributed by atoms with van der Waals surface area (Å²) in [6.45, 7) is 8.87. The van der Waals surface area contributed by atoms with E-state index in [-0.39, 0.29) is 35.9 Å². The number of H-pyrrole nitrogens is 1. The highest BCUT2D eigenvalue weighted by atomic mass is 16.3. The Bertz CT molecular complexity index is 1320. The van der Waals surface area contributed by atoms with Gasteiger partial charge in [0.1, 0.15) is 0 Å². The molecule has 5 rings (SSSR count). The van der Waals surface area contributed by atoms with E-state index in [0.717, 1.165) is 41.6 Å². The topological polar surface area (TPSA) is 98.3 Å². The van der Waals surface area contributed by atoms with Crippen molar-refractivity contribution in [2.45, 2.75) is 72.0 Å². The van der Waals surface area contributed by atoms with Crippen LogP contribution in [0.4, 0.5) is 0 Å². The summed E-state index contributed by atoms with van der Waals surface area (Å²) in [6, 6.07) is 13.1. The highest BCUT2D eigenvalue weighted by molar-refractivity contribution is 5.99. The lowest BCUT2D eigenvalue weighted by Crippen LogP contribution is -2.31. The van der Waals surface area contributed by atoms with Crippen molar-refractivity contribution in [2.75, 3.05) is 6.61 Å². The van der Waals surface area contributed by atoms with Crippen LogP contribution in [0.15, 0.2) is 42.5 Å². The zero-order valence-electron chi connectivity index (χ0n) is 22.1. The molecule has 2 aliphatic rings. The second-order valence-electron chi connectivity index (χ2n) is 11.5. The summed E-state index contributed by atoms with van der Waals surface area (Å²) in [5.74, 6) is -0.158. The van der Waals surface area contributed by atoms with Gasteiger partial charge in [0.25, 0.3) is 11.8 Å². The number of benzene rings is 2. The van der Waals surface area contributed by atoms with E-state index in [1.165, 1.54) is 11.3 Å². The Labute approximate surface area is 218 Å². The smallest absolute Gasteiger partial charge is 0.255 e. The van der Waals surface area contributed by atoms with Gasteiger partial charge in [0.15, 0.2) is 0 Å². The molecule has 1 atom stereocenters. The van der Waals surface area contributed by atoms with E-state index in [2.05, 4.69) is 35.4 Å². The van der Waals surface area contributed by atoms with Crippen LogP contribution in [0.25, 0.3) is 11.3 Å². The summed E-state index contributed by atoms with van der Waals surface area (Å²) in [6.07, 6.45) is 3.55. The molecule has 7 heteroatoms. The number of aliphatic hydroxyl groups excluding tert-OH is 1. The van der Waals surface area contributed by atoms with Gasteiger partial charge < -0.3 is 15.3 Å². The lowest BCUT2D eigenvalue weighted by molar-refractivity contribution is 0.0670. The van der Waals surface area contributed by atoms with Crippen molar-refractivity contribution in [3.63, 3.8) is 0 Å². The van der Waals surface area contributed by atoms with Crippen LogP contribution in [-0.2, 0) is 19.4 Å². The van der Waals surface area contributed by atoms with E-state index in [0.29, 0.717) is 24.1 Å². The summed E-state index contributed by atoms with van der Waals surface area (Å²) in [4.78, 5) is 27.6. The molecule has 0 bridgehead atoms.